The fourth-order valence-corrected chi connectivity index (χ4v) is 2.51. The summed E-state index contributed by atoms with van der Waals surface area (Å²) in [5.41, 5.74) is 5.51. The van der Waals surface area contributed by atoms with Gasteiger partial charge < -0.3 is 11.1 Å². The maximum Gasteiger partial charge on any atom is 0.147 e. The molecule has 4 nitrogen and oxygen atoms in total. The second kappa shape index (κ2) is 4.59. The molecule has 0 saturated carbocycles. The summed E-state index contributed by atoms with van der Waals surface area (Å²) in [4.78, 5) is 9.27. The van der Waals surface area contributed by atoms with E-state index >= 15 is 0 Å². The van der Waals surface area contributed by atoms with E-state index in [4.69, 9.17) is 5.73 Å². The van der Waals surface area contributed by atoms with Crippen LogP contribution in [0.4, 0.5) is 11.6 Å². The molecule has 2 aromatic rings. The lowest BCUT2D eigenvalue weighted by molar-refractivity contribution is 1.11. The second-order valence-electron chi connectivity index (χ2n) is 2.89. The number of aromatic nitrogens is 2. The highest BCUT2D eigenvalue weighted by Crippen LogP contribution is 2.22. The van der Waals surface area contributed by atoms with Crippen LogP contribution in [0.15, 0.2) is 28.3 Å². The molecule has 0 bridgehead atoms. The third kappa shape index (κ3) is 2.90. The summed E-state index contributed by atoms with van der Waals surface area (Å²) in [6.07, 6.45) is 3.17. The summed E-state index contributed by atoms with van der Waals surface area (Å²) in [6, 6.07) is 4.08. The number of anilines is 2. The largest absolute Gasteiger partial charge is 0.382 e. The standard InChI is InChI=1S/C9H9BrN4S/c10-7-2-1-6(15-7)3-13-9-5-12-4-8(11)14-9/h1-2,4-5H,3H2,(H3,11,13,14). The van der Waals surface area contributed by atoms with E-state index in [1.54, 1.807) is 17.5 Å². The molecule has 0 amide bonds. The number of hydrogen-bond acceptors (Lipinski definition) is 5. The lowest BCUT2D eigenvalue weighted by Gasteiger charge is -2.03. The van der Waals surface area contributed by atoms with E-state index in [2.05, 4.69) is 37.3 Å². The summed E-state index contributed by atoms with van der Waals surface area (Å²) in [5.74, 6) is 1.12. The van der Waals surface area contributed by atoms with Gasteiger partial charge in [0.15, 0.2) is 0 Å². The zero-order valence-electron chi connectivity index (χ0n) is 7.77. The average molecular weight is 285 g/mol. The minimum Gasteiger partial charge on any atom is -0.382 e. The van der Waals surface area contributed by atoms with Gasteiger partial charge in [0.05, 0.1) is 22.7 Å². The van der Waals surface area contributed by atoms with Crippen LogP contribution in [-0.4, -0.2) is 9.97 Å². The van der Waals surface area contributed by atoms with Gasteiger partial charge in [-0.2, -0.15) is 0 Å². The molecule has 0 aliphatic heterocycles. The number of nitrogen functional groups attached to an aromatic ring is 1. The molecule has 6 heteroatoms. The molecule has 78 valence electrons. The average Bonchev–Trinajstić information content (AvgIpc) is 2.62. The Morgan fingerprint density at radius 1 is 1.40 bits per heavy atom. The van der Waals surface area contributed by atoms with Gasteiger partial charge in [-0.3, -0.25) is 4.98 Å². The Morgan fingerprint density at radius 2 is 2.27 bits per heavy atom. The molecular formula is C9H9BrN4S. The fourth-order valence-electron chi connectivity index (χ4n) is 1.09. The number of nitrogens with one attached hydrogen (secondary N) is 1. The minimum atomic E-state index is 0.423. The minimum absolute atomic E-state index is 0.423. The molecule has 0 aliphatic rings. The molecule has 0 radical (unpaired) electrons. The van der Waals surface area contributed by atoms with Crippen molar-refractivity contribution in [3.63, 3.8) is 0 Å². The van der Waals surface area contributed by atoms with Gasteiger partial charge in [0.25, 0.3) is 0 Å². The number of nitrogens with zero attached hydrogens (tertiary/aromatic N) is 2. The van der Waals surface area contributed by atoms with E-state index in [1.807, 2.05) is 6.07 Å². The number of rotatable bonds is 3. The number of thiophene rings is 1. The highest BCUT2D eigenvalue weighted by atomic mass is 79.9. The van der Waals surface area contributed by atoms with Gasteiger partial charge in [0.2, 0.25) is 0 Å². The molecule has 0 aliphatic carbocycles. The molecule has 0 fully saturated rings. The Labute approximate surface area is 99.7 Å². The van der Waals surface area contributed by atoms with Crippen LogP contribution in [0, 0.1) is 0 Å². The van der Waals surface area contributed by atoms with Crippen molar-refractivity contribution >= 4 is 38.9 Å². The monoisotopic (exact) mass is 284 g/mol. The zero-order chi connectivity index (χ0) is 10.7. The van der Waals surface area contributed by atoms with Gasteiger partial charge in [0, 0.05) is 4.88 Å². The quantitative estimate of drug-likeness (QED) is 0.909. The van der Waals surface area contributed by atoms with Crippen molar-refractivity contribution in [3.8, 4) is 0 Å². The van der Waals surface area contributed by atoms with Crippen LogP contribution in [0.1, 0.15) is 4.88 Å². The van der Waals surface area contributed by atoms with Crippen molar-refractivity contribution in [1.29, 1.82) is 0 Å². The van der Waals surface area contributed by atoms with Crippen molar-refractivity contribution in [2.75, 3.05) is 11.1 Å². The normalized spacial score (nSPS) is 10.2. The Balaban J connectivity index is 1.99. The zero-order valence-corrected chi connectivity index (χ0v) is 10.2. The van der Waals surface area contributed by atoms with E-state index in [0.29, 0.717) is 11.6 Å². The summed E-state index contributed by atoms with van der Waals surface area (Å²) < 4.78 is 1.12. The lowest BCUT2D eigenvalue weighted by atomic mass is 10.4. The molecule has 0 atom stereocenters. The van der Waals surface area contributed by atoms with Crippen LogP contribution in [0.25, 0.3) is 0 Å². The van der Waals surface area contributed by atoms with Crippen molar-refractivity contribution in [1.82, 2.24) is 9.97 Å². The molecular weight excluding hydrogens is 276 g/mol. The van der Waals surface area contributed by atoms with E-state index in [0.717, 1.165) is 10.3 Å². The second-order valence-corrected chi connectivity index (χ2v) is 5.44. The van der Waals surface area contributed by atoms with Crippen molar-refractivity contribution < 1.29 is 0 Å². The SMILES string of the molecule is Nc1cncc(NCc2ccc(Br)s2)n1. The van der Waals surface area contributed by atoms with Crippen LogP contribution in [0.2, 0.25) is 0 Å². The first kappa shape index (κ1) is 10.4. The smallest absolute Gasteiger partial charge is 0.147 e. The Hall–Kier alpha value is -1.14. The molecule has 0 saturated heterocycles. The molecule has 2 heterocycles. The first-order valence-corrected chi connectivity index (χ1v) is 5.90. The third-order valence-corrected chi connectivity index (χ3v) is 3.35. The van der Waals surface area contributed by atoms with Crippen molar-refractivity contribution in [2.24, 2.45) is 0 Å². The lowest BCUT2D eigenvalue weighted by Crippen LogP contribution is -2.02. The van der Waals surface area contributed by atoms with Crippen LogP contribution in [-0.2, 0) is 6.54 Å². The maximum absolute atomic E-state index is 5.51. The Bertz CT molecular complexity index is 457. The molecule has 15 heavy (non-hydrogen) atoms. The van der Waals surface area contributed by atoms with E-state index in [1.165, 1.54) is 11.1 Å². The summed E-state index contributed by atoms with van der Waals surface area (Å²) in [5, 5.41) is 3.15. The molecule has 0 aromatic carbocycles. The first-order chi connectivity index (χ1) is 7.24. The van der Waals surface area contributed by atoms with Crippen LogP contribution in [0.5, 0.6) is 0 Å². The fraction of sp³-hybridized carbons (Fsp3) is 0.111. The van der Waals surface area contributed by atoms with Crippen LogP contribution < -0.4 is 11.1 Å². The highest BCUT2D eigenvalue weighted by molar-refractivity contribution is 9.11. The summed E-state index contributed by atoms with van der Waals surface area (Å²) in [6.45, 7) is 0.731. The molecule has 2 rings (SSSR count). The van der Waals surface area contributed by atoms with Crippen molar-refractivity contribution in [3.05, 3.63) is 33.2 Å². The number of halogens is 1. The van der Waals surface area contributed by atoms with Gasteiger partial charge >= 0.3 is 0 Å². The molecule has 2 aromatic heterocycles. The first-order valence-electron chi connectivity index (χ1n) is 4.29. The van der Waals surface area contributed by atoms with Gasteiger partial charge in [-0.15, -0.1) is 11.3 Å². The molecule has 0 spiro atoms. The summed E-state index contributed by atoms with van der Waals surface area (Å²) in [7, 11) is 0. The van der Waals surface area contributed by atoms with Gasteiger partial charge in [-0.25, -0.2) is 4.98 Å². The van der Waals surface area contributed by atoms with Gasteiger partial charge in [0.1, 0.15) is 11.6 Å². The van der Waals surface area contributed by atoms with Crippen LogP contribution >= 0.6 is 27.3 Å². The van der Waals surface area contributed by atoms with Crippen LogP contribution in [0.3, 0.4) is 0 Å². The highest BCUT2D eigenvalue weighted by Gasteiger charge is 1.99. The predicted molar refractivity (Wildman–Crippen MR) is 65.8 cm³/mol. The van der Waals surface area contributed by atoms with Gasteiger partial charge in [-0.05, 0) is 28.1 Å². The summed E-state index contributed by atoms with van der Waals surface area (Å²) >= 11 is 5.10. The molecule has 0 unspecified atom stereocenters. The topological polar surface area (TPSA) is 63.8 Å². The Morgan fingerprint density at radius 3 is 2.93 bits per heavy atom. The van der Waals surface area contributed by atoms with E-state index in [9.17, 15) is 0 Å². The third-order valence-electron chi connectivity index (χ3n) is 1.73. The molecule has 3 N–H and O–H groups in total. The van der Waals surface area contributed by atoms with Gasteiger partial charge in [-0.1, -0.05) is 0 Å². The van der Waals surface area contributed by atoms with Crippen molar-refractivity contribution in [2.45, 2.75) is 6.54 Å². The van der Waals surface area contributed by atoms with E-state index < -0.39 is 0 Å². The maximum atomic E-state index is 5.51. The number of nitrogens with two attached hydrogens (primary N) is 1. The number of hydrogen-bond donors (Lipinski definition) is 2. The Kier molecular flexibility index (Phi) is 3.17. The van der Waals surface area contributed by atoms with E-state index in [-0.39, 0.29) is 0 Å². The predicted octanol–water partition coefficient (Wildman–Crippen LogP) is 2.49.